The van der Waals surface area contributed by atoms with Crippen LogP contribution in [0.1, 0.15) is 13.3 Å². The summed E-state index contributed by atoms with van der Waals surface area (Å²) in [6.07, 6.45) is 0.765. The highest BCUT2D eigenvalue weighted by Crippen LogP contribution is 2.11. The zero-order valence-electron chi connectivity index (χ0n) is 10.4. The van der Waals surface area contributed by atoms with Crippen LogP contribution in [0.5, 0.6) is 0 Å². The van der Waals surface area contributed by atoms with E-state index in [2.05, 4.69) is 17.1 Å². The van der Waals surface area contributed by atoms with Crippen LogP contribution in [0.2, 0.25) is 0 Å². The van der Waals surface area contributed by atoms with Gasteiger partial charge >= 0.3 is 0 Å². The third-order valence-electron chi connectivity index (χ3n) is 3.57. The first-order valence-corrected chi connectivity index (χ1v) is 8.14. The minimum absolute atomic E-state index is 0.163. The fourth-order valence-electron chi connectivity index (χ4n) is 2.46. The predicted octanol–water partition coefficient (Wildman–Crippen LogP) is -0.516. The number of nitrogens with zero attached hydrogens (tertiary/aromatic N) is 1. The maximum Gasteiger partial charge on any atom is 0.151 e. The van der Waals surface area contributed by atoms with Crippen molar-refractivity contribution in [2.45, 2.75) is 25.4 Å². The Kier molecular flexibility index (Phi) is 4.41. The molecule has 2 unspecified atom stereocenters. The number of ether oxygens (including phenoxy) is 1. The smallest absolute Gasteiger partial charge is 0.151 e. The van der Waals surface area contributed by atoms with Crippen LogP contribution in [0.15, 0.2) is 0 Å². The van der Waals surface area contributed by atoms with E-state index in [1.165, 1.54) is 0 Å². The van der Waals surface area contributed by atoms with Crippen molar-refractivity contribution in [3.05, 3.63) is 0 Å². The van der Waals surface area contributed by atoms with Crippen molar-refractivity contribution in [3.8, 4) is 0 Å². The molecule has 0 saturated carbocycles. The molecule has 2 saturated heterocycles. The van der Waals surface area contributed by atoms with Crippen molar-refractivity contribution in [1.29, 1.82) is 0 Å². The summed E-state index contributed by atoms with van der Waals surface area (Å²) in [6, 6.07) is 0.634. The lowest BCUT2D eigenvalue weighted by Gasteiger charge is -2.33. The zero-order valence-corrected chi connectivity index (χ0v) is 11.2. The van der Waals surface area contributed by atoms with Crippen LogP contribution < -0.4 is 5.32 Å². The highest BCUT2D eigenvalue weighted by molar-refractivity contribution is 7.91. The average Bonchev–Trinajstić information content (AvgIpc) is 2.61. The van der Waals surface area contributed by atoms with E-state index >= 15 is 0 Å². The molecule has 0 spiro atoms. The van der Waals surface area contributed by atoms with Crippen LogP contribution in [0, 0.1) is 0 Å². The monoisotopic (exact) mass is 262 g/mol. The minimum atomic E-state index is -2.76. The molecule has 0 aromatic heterocycles. The molecule has 100 valence electrons. The summed E-state index contributed by atoms with van der Waals surface area (Å²) >= 11 is 0. The highest BCUT2D eigenvalue weighted by atomic mass is 32.2. The topological polar surface area (TPSA) is 58.6 Å². The molecule has 0 aliphatic carbocycles. The summed E-state index contributed by atoms with van der Waals surface area (Å²) in [6.45, 7) is 6.59. The van der Waals surface area contributed by atoms with Gasteiger partial charge in [0.15, 0.2) is 9.84 Å². The first kappa shape index (κ1) is 13.3. The van der Waals surface area contributed by atoms with Crippen molar-refractivity contribution in [1.82, 2.24) is 10.2 Å². The van der Waals surface area contributed by atoms with Gasteiger partial charge in [-0.15, -0.1) is 0 Å². The van der Waals surface area contributed by atoms with Crippen molar-refractivity contribution in [2.24, 2.45) is 0 Å². The van der Waals surface area contributed by atoms with Gasteiger partial charge in [0.1, 0.15) is 0 Å². The number of nitrogens with one attached hydrogen (secondary N) is 1. The first-order valence-electron chi connectivity index (χ1n) is 6.32. The molecular formula is C11H22N2O3S. The van der Waals surface area contributed by atoms with E-state index in [0.29, 0.717) is 17.5 Å². The SMILES string of the molecule is CC1COCCN1CCNC1CCS(=O)(=O)C1. The van der Waals surface area contributed by atoms with Crippen molar-refractivity contribution < 1.29 is 13.2 Å². The van der Waals surface area contributed by atoms with Crippen LogP contribution in [0.3, 0.4) is 0 Å². The normalized spacial score (nSPS) is 33.9. The number of hydrogen-bond acceptors (Lipinski definition) is 5. The van der Waals surface area contributed by atoms with E-state index in [-0.39, 0.29) is 6.04 Å². The Morgan fingerprint density at radius 3 is 2.94 bits per heavy atom. The molecule has 0 amide bonds. The average molecular weight is 262 g/mol. The lowest BCUT2D eigenvalue weighted by atomic mass is 10.2. The molecule has 2 aliphatic heterocycles. The second-order valence-electron chi connectivity index (χ2n) is 5.01. The molecule has 2 aliphatic rings. The summed E-state index contributed by atoms with van der Waals surface area (Å²) in [4.78, 5) is 2.39. The Morgan fingerprint density at radius 2 is 2.29 bits per heavy atom. The largest absolute Gasteiger partial charge is 0.379 e. The predicted molar refractivity (Wildman–Crippen MR) is 66.9 cm³/mol. The summed E-state index contributed by atoms with van der Waals surface area (Å²) in [7, 11) is -2.76. The van der Waals surface area contributed by atoms with Crippen molar-refractivity contribution in [3.63, 3.8) is 0 Å². The van der Waals surface area contributed by atoms with Gasteiger partial charge in [0.2, 0.25) is 0 Å². The van der Waals surface area contributed by atoms with Crippen LogP contribution in [-0.2, 0) is 14.6 Å². The molecule has 0 bridgehead atoms. The van der Waals surface area contributed by atoms with E-state index in [0.717, 1.165) is 39.3 Å². The summed E-state index contributed by atoms with van der Waals surface area (Å²) in [5.41, 5.74) is 0. The Morgan fingerprint density at radius 1 is 1.47 bits per heavy atom. The third-order valence-corrected chi connectivity index (χ3v) is 5.34. The van der Waals surface area contributed by atoms with E-state index < -0.39 is 9.84 Å². The van der Waals surface area contributed by atoms with Gasteiger partial charge in [-0.05, 0) is 13.3 Å². The third kappa shape index (κ3) is 3.91. The van der Waals surface area contributed by atoms with Crippen molar-refractivity contribution in [2.75, 3.05) is 44.4 Å². The van der Waals surface area contributed by atoms with Crippen LogP contribution >= 0.6 is 0 Å². The van der Waals surface area contributed by atoms with Gasteiger partial charge in [0.05, 0.1) is 24.7 Å². The Bertz CT molecular complexity index is 345. The molecule has 0 radical (unpaired) electrons. The van der Waals surface area contributed by atoms with Gasteiger partial charge in [-0.2, -0.15) is 0 Å². The fourth-order valence-corrected chi connectivity index (χ4v) is 4.17. The molecule has 6 heteroatoms. The zero-order chi connectivity index (χ0) is 12.3. The summed E-state index contributed by atoms with van der Waals surface area (Å²) < 4.78 is 28.0. The molecule has 2 rings (SSSR count). The number of morpholine rings is 1. The summed E-state index contributed by atoms with van der Waals surface area (Å²) in [5.74, 6) is 0.657. The summed E-state index contributed by atoms with van der Waals surface area (Å²) in [5, 5.41) is 3.34. The maximum atomic E-state index is 11.3. The molecule has 0 aromatic carbocycles. The van der Waals surface area contributed by atoms with Gasteiger partial charge in [-0.25, -0.2) is 8.42 Å². The molecule has 2 atom stereocenters. The van der Waals surface area contributed by atoms with Gasteiger partial charge in [-0.1, -0.05) is 0 Å². The van der Waals surface area contributed by atoms with E-state index in [9.17, 15) is 8.42 Å². The standard InChI is InChI=1S/C11H22N2O3S/c1-10-8-16-6-5-13(10)4-3-12-11-2-7-17(14,15)9-11/h10-12H,2-9H2,1H3. The van der Waals surface area contributed by atoms with E-state index in [4.69, 9.17) is 4.74 Å². The van der Waals surface area contributed by atoms with Gasteiger partial charge in [0, 0.05) is 31.7 Å². The Balaban J connectivity index is 1.66. The van der Waals surface area contributed by atoms with E-state index in [1.807, 2.05) is 0 Å². The molecule has 5 nitrogen and oxygen atoms in total. The van der Waals surface area contributed by atoms with Crippen LogP contribution in [0.25, 0.3) is 0 Å². The first-order chi connectivity index (χ1) is 8.07. The van der Waals surface area contributed by atoms with Crippen molar-refractivity contribution >= 4 is 9.84 Å². The molecule has 2 fully saturated rings. The minimum Gasteiger partial charge on any atom is -0.379 e. The quantitative estimate of drug-likeness (QED) is 0.739. The number of rotatable bonds is 4. The van der Waals surface area contributed by atoms with Crippen LogP contribution in [0.4, 0.5) is 0 Å². The van der Waals surface area contributed by atoms with Gasteiger partial charge in [0.25, 0.3) is 0 Å². The molecule has 17 heavy (non-hydrogen) atoms. The molecule has 1 N–H and O–H groups in total. The molecule has 0 aromatic rings. The number of sulfone groups is 1. The lowest BCUT2D eigenvalue weighted by Crippen LogP contribution is -2.47. The highest BCUT2D eigenvalue weighted by Gasteiger charge is 2.27. The fraction of sp³-hybridized carbons (Fsp3) is 1.00. The number of hydrogen-bond donors (Lipinski definition) is 1. The van der Waals surface area contributed by atoms with E-state index in [1.54, 1.807) is 0 Å². The maximum absolute atomic E-state index is 11.3. The Hall–Kier alpha value is -0.170. The second kappa shape index (κ2) is 5.65. The second-order valence-corrected chi connectivity index (χ2v) is 7.24. The van der Waals surface area contributed by atoms with Gasteiger partial charge in [-0.3, -0.25) is 4.90 Å². The lowest BCUT2D eigenvalue weighted by molar-refractivity contribution is 0.000236. The molecular weight excluding hydrogens is 240 g/mol. The Labute approximate surface area is 103 Å². The van der Waals surface area contributed by atoms with Crippen LogP contribution in [-0.4, -0.2) is 69.8 Å². The molecule has 2 heterocycles. The van der Waals surface area contributed by atoms with Gasteiger partial charge < -0.3 is 10.1 Å².